The highest BCUT2D eigenvalue weighted by molar-refractivity contribution is 5.85. The van der Waals surface area contributed by atoms with Crippen molar-refractivity contribution < 1.29 is 22.3 Å². The Morgan fingerprint density at radius 1 is 1.04 bits per heavy atom. The second kappa shape index (κ2) is 10.7. The molecule has 1 aromatic rings. The van der Waals surface area contributed by atoms with Crippen molar-refractivity contribution in [2.45, 2.75) is 44.5 Å². The van der Waals surface area contributed by atoms with Crippen molar-refractivity contribution in [3.63, 3.8) is 0 Å². The normalized spacial score (nSPS) is 20.3. The highest BCUT2D eigenvalue weighted by Crippen LogP contribution is 2.40. The highest BCUT2D eigenvalue weighted by atomic mass is 35.5. The zero-order valence-corrected chi connectivity index (χ0v) is 16.6. The molecule has 0 unspecified atom stereocenters. The zero-order valence-electron chi connectivity index (χ0n) is 14.9. The van der Waals surface area contributed by atoms with Gasteiger partial charge in [0.25, 0.3) is 0 Å². The van der Waals surface area contributed by atoms with Crippen molar-refractivity contribution in [2.75, 3.05) is 26.2 Å². The van der Waals surface area contributed by atoms with Gasteiger partial charge in [0.1, 0.15) is 11.6 Å². The predicted octanol–water partition coefficient (Wildman–Crippen LogP) is 5.09. The van der Waals surface area contributed by atoms with E-state index in [1.165, 1.54) is 12.5 Å². The number of rotatable bonds is 4. The molecule has 156 valence electrons. The molecule has 2 fully saturated rings. The van der Waals surface area contributed by atoms with Gasteiger partial charge in [0.2, 0.25) is 0 Å². The standard InChI is InChI=1S/C18H24F4N2O.2ClH/c19-16-7-6-14(25-18(20,21)22)12-15(16)17(13-4-2-1-3-5-13)24-10-8-23-9-11-24;;/h6-7,12-13,17,23H,1-5,8-11H2;2*1H/t17-;;/m1../s1. The summed E-state index contributed by atoms with van der Waals surface area (Å²) >= 11 is 0. The number of halogens is 6. The van der Waals surface area contributed by atoms with E-state index < -0.39 is 12.2 Å². The van der Waals surface area contributed by atoms with Crippen LogP contribution in [0.15, 0.2) is 18.2 Å². The van der Waals surface area contributed by atoms with Gasteiger partial charge in [-0.3, -0.25) is 4.90 Å². The molecule has 2 aliphatic rings. The molecule has 1 N–H and O–H groups in total. The van der Waals surface area contributed by atoms with Crippen LogP contribution >= 0.6 is 24.8 Å². The molecule has 1 aliphatic carbocycles. The first kappa shape index (κ1) is 24.3. The van der Waals surface area contributed by atoms with Crippen molar-refractivity contribution in [3.8, 4) is 5.75 Å². The number of hydrogen-bond acceptors (Lipinski definition) is 3. The van der Waals surface area contributed by atoms with Gasteiger partial charge in [-0.15, -0.1) is 38.0 Å². The zero-order chi connectivity index (χ0) is 17.9. The second-order valence-electron chi connectivity index (χ2n) is 6.86. The van der Waals surface area contributed by atoms with E-state index >= 15 is 0 Å². The molecular formula is C18H26Cl2F4N2O. The summed E-state index contributed by atoms with van der Waals surface area (Å²) in [4.78, 5) is 2.21. The van der Waals surface area contributed by atoms with Crippen molar-refractivity contribution in [1.82, 2.24) is 10.2 Å². The number of hydrogen-bond donors (Lipinski definition) is 1. The van der Waals surface area contributed by atoms with Gasteiger partial charge < -0.3 is 10.1 Å². The summed E-state index contributed by atoms with van der Waals surface area (Å²) in [6, 6.07) is 3.18. The molecule has 27 heavy (non-hydrogen) atoms. The van der Waals surface area contributed by atoms with Gasteiger partial charge in [0.15, 0.2) is 0 Å². The minimum Gasteiger partial charge on any atom is -0.406 e. The Balaban J connectivity index is 0.00000182. The molecule has 1 saturated heterocycles. The predicted molar refractivity (Wildman–Crippen MR) is 101 cm³/mol. The van der Waals surface area contributed by atoms with Crippen LogP contribution in [0, 0.1) is 11.7 Å². The summed E-state index contributed by atoms with van der Waals surface area (Å²) in [6.07, 6.45) is 0.549. The van der Waals surface area contributed by atoms with Crippen molar-refractivity contribution >= 4 is 24.8 Å². The lowest BCUT2D eigenvalue weighted by atomic mass is 9.80. The Morgan fingerprint density at radius 3 is 2.26 bits per heavy atom. The van der Waals surface area contributed by atoms with Crippen LogP contribution in [-0.2, 0) is 0 Å². The fourth-order valence-electron chi connectivity index (χ4n) is 4.10. The van der Waals surface area contributed by atoms with Gasteiger partial charge in [0.05, 0.1) is 0 Å². The minimum atomic E-state index is -4.77. The lowest BCUT2D eigenvalue weighted by Gasteiger charge is -2.41. The van der Waals surface area contributed by atoms with Crippen LogP contribution < -0.4 is 10.1 Å². The summed E-state index contributed by atoms with van der Waals surface area (Å²) in [5, 5.41) is 3.27. The number of ether oxygens (including phenoxy) is 1. The van der Waals surface area contributed by atoms with Gasteiger partial charge >= 0.3 is 6.36 Å². The first-order valence-corrected chi connectivity index (χ1v) is 8.94. The summed E-state index contributed by atoms with van der Waals surface area (Å²) in [7, 11) is 0. The Morgan fingerprint density at radius 2 is 1.67 bits per heavy atom. The summed E-state index contributed by atoms with van der Waals surface area (Å²) in [5.74, 6) is -0.536. The van der Waals surface area contributed by atoms with E-state index in [0.717, 1.165) is 64.0 Å². The van der Waals surface area contributed by atoms with Crippen molar-refractivity contribution in [2.24, 2.45) is 5.92 Å². The van der Waals surface area contributed by atoms with Gasteiger partial charge in [-0.2, -0.15) is 0 Å². The molecule has 0 radical (unpaired) electrons. The number of benzene rings is 1. The SMILES string of the molecule is Cl.Cl.Fc1ccc(OC(F)(F)F)cc1[C@@H](C1CCCCC1)N1CCNCC1. The monoisotopic (exact) mass is 432 g/mol. The molecule has 1 atom stereocenters. The Kier molecular flexibility index (Phi) is 9.62. The Labute approximate surface area is 169 Å². The van der Waals surface area contributed by atoms with Gasteiger partial charge in [0, 0.05) is 37.8 Å². The molecule has 0 amide bonds. The molecule has 0 spiro atoms. The second-order valence-corrected chi connectivity index (χ2v) is 6.86. The largest absolute Gasteiger partial charge is 0.573 e. The molecule has 0 bridgehead atoms. The van der Waals surface area contributed by atoms with Crippen LogP contribution in [0.2, 0.25) is 0 Å². The maximum Gasteiger partial charge on any atom is 0.573 e. The van der Waals surface area contributed by atoms with E-state index in [1.54, 1.807) is 0 Å². The van der Waals surface area contributed by atoms with E-state index in [0.29, 0.717) is 5.56 Å². The van der Waals surface area contributed by atoms with Gasteiger partial charge in [-0.05, 0) is 37.0 Å². The molecule has 1 saturated carbocycles. The molecule has 0 aromatic heterocycles. The first-order chi connectivity index (χ1) is 11.9. The molecular weight excluding hydrogens is 407 g/mol. The van der Waals surface area contributed by atoms with Crippen LogP contribution in [0.3, 0.4) is 0 Å². The maximum atomic E-state index is 14.6. The van der Waals surface area contributed by atoms with Crippen molar-refractivity contribution in [3.05, 3.63) is 29.6 Å². The lowest BCUT2D eigenvalue weighted by Crippen LogP contribution is -2.47. The number of nitrogens with zero attached hydrogens (tertiary/aromatic N) is 1. The van der Waals surface area contributed by atoms with Crippen LogP contribution in [0.5, 0.6) is 5.75 Å². The van der Waals surface area contributed by atoms with Crippen LogP contribution in [0.4, 0.5) is 17.6 Å². The van der Waals surface area contributed by atoms with Crippen LogP contribution in [0.25, 0.3) is 0 Å². The molecule has 3 rings (SSSR count). The Hall–Kier alpha value is -0.760. The third-order valence-corrected chi connectivity index (χ3v) is 5.16. The highest BCUT2D eigenvalue weighted by Gasteiger charge is 2.35. The molecule has 9 heteroatoms. The third kappa shape index (κ3) is 6.66. The summed E-state index contributed by atoms with van der Waals surface area (Å²) in [6.45, 7) is 3.16. The Bertz CT molecular complexity index is 559. The first-order valence-electron chi connectivity index (χ1n) is 8.94. The van der Waals surface area contributed by atoms with E-state index in [4.69, 9.17) is 0 Å². The topological polar surface area (TPSA) is 24.5 Å². The van der Waals surface area contributed by atoms with Crippen LogP contribution in [0.1, 0.15) is 43.7 Å². The van der Waals surface area contributed by atoms with Gasteiger partial charge in [-0.1, -0.05) is 19.3 Å². The summed E-state index contributed by atoms with van der Waals surface area (Å²) in [5.41, 5.74) is 0.329. The number of piperazine rings is 1. The number of nitrogens with one attached hydrogen (secondary N) is 1. The average Bonchev–Trinajstić information content (AvgIpc) is 2.59. The van der Waals surface area contributed by atoms with E-state index in [1.807, 2.05) is 0 Å². The quantitative estimate of drug-likeness (QED) is 0.670. The molecule has 1 aliphatic heterocycles. The smallest absolute Gasteiger partial charge is 0.406 e. The average molecular weight is 433 g/mol. The van der Waals surface area contributed by atoms with E-state index in [9.17, 15) is 17.6 Å². The van der Waals surface area contributed by atoms with Crippen molar-refractivity contribution in [1.29, 1.82) is 0 Å². The molecule has 3 nitrogen and oxygen atoms in total. The van der Waals surface area contributed by atoms with E-state index in [-0.39, 0.29) is 42.5 Å². The minimum absolute atomic E-state index is 0. The summed E-state index contributed by atoms with van der Waals surface area (Å²) < 4.78 is 56.3. The number of alkyl halides is 3. The van der Waals surface area contributed by atoms with Gasteiger partial charge in [-0.25, -0.2) is 4.39 Å². The fraction of sp³-hybridized carbons (Fsp3) is 0.667. The van der Waals surface area contributed by atoms with E-state index in [2.05, 4.69) is 15.0 Å². The fourth-order valence-corrected chi connectivity index (χ4v) is 4.10. The lowest BCUT2D eigenvalue weighted by molar-refractivity contribution is -0.274. The van der Waals surface area contributed by atoms with Crippen LogP contribution in [-0.4, -0.2) is 37.4 Å². The third-order valence-electron chi connectivity index (χ3n) is 5.16. The molecule has 1 heterocycles. The molecule has 1 aromatic carbocycles. The maximum absolute atomic E-state index is 14.6.